The van der Waals surface area contributed by atoms with Crippen molar-refractivity contribution in [3.05, 3.63) is 28.2 Å². The molecule has 1 aliphatic carbocycles. The predicted octanol–water partition coefficient (Wildman–Crippen LogP) is 1.37. The van der Waals surface area contributed by atoms with Crippen LogP contribution in [0.1, 0.15) is 31.4 Å². The summed E-state index contributed by atoms with van der Waals surface area (Å²) < 4.78 is 4.96. The quantitative estimate of drug-likeness (QED) is 0.826. The van der Waals surface area contributed by atoms with Crippen molar-refractivity contribution in [1.82, 2.24) is 9.88 Å². The van der Waals surface area contributed by atoms with Crippen LogP contribution in [0.5, 0.6) is 5.75 Å². The highest BCUT2D eigenvalue weighted by atomic mass is 16.5. The summed E-state index contributed by atoms with van der Waals surface area (Å²) in [7, 11) is 3.51. The number of aliphatic hydroxyl groups is 1. The number of methoxy groups -OCH3 is 1. The Kier molecular flexibility index (Phi) is 4.83. The van der Waals surface area contributed by atoms with Crippen LogP contribution < -0.4 is 10.2 Å². The Morgan fingerprint density at radius 1 is 1.45 bits per heavy atom. The van der Waals surface area contributed by atoms with Crippen molar-refractivity contribution in [1.29, 1.82) is 0 Å². The first kappa shape index (κ1) is 15.1. The summed E-state index contributed by atoms with van der Waals surface area (Å²) in [4.78, 5) is 17.0. The molecule has 0 unspecified atom stereocenters. The molecule has 1 fully saturated rings. The van der Waals surface area contributed by atoms with Crippen molar-refractivity contribution in [3.63, 3.8) is 0 Å². The third-order valence-corrected chi connectivity index (χ3v) is 4.20. The molecule has 0 bridgehead atoms. The van der Waals surface area contributed by atoms with Gasteiger partial charge >= 0.3 is 0 Å². The third-order valence-electron chi connectivity index (χ3n) is 4.20. The van der Waals surface area contributed by atoms with Gasteiger partial charge < -0.3 is 14.8 Å². The summed E-state index contributed by atoms with van der Waals surface area (Å²) in [5, 5.41) is 9.64. The van der Waals surface area contributed by atoms with Gasteiger partial charge in [0.2, 0.25) is 5.43 Å². The van der Waals surface area contributed by atoms with E-state index in [0.717, 1.165) is 25.1 Å². The number of hydrogen-bond acceptors (Lipinski definition) is 4. The zero-order valence-electron chi connectivity index (χ0n) is 12.3. The Bertz CT molecular complexity index is 492. The molecule has 2 rings (SSSR count). The van der Waals surface area contributed by atoms with Crippen molar-refractivity contribution in [2.24, 2.45) is 5.41 Å². The molecule has 0 aliphatic heterocycles. The van der Waals surface area contributed by atoms with Gasteiger partial charge in [-0.05, 0) is 19.9 Å². The first-order valence-electron chi connectivity index (χ1n) is 7.13. The second-order valence-corrected chi connectivity index (χ2v) is 5.93. The van der Waals surface area contributed by atoms with Gasteiger partial charge in [0.25, 0.3) is 0 Å². The maximum Gasteiger partial charge on any atom is 0.223 e. The van der Waals surface area contributed by atoms with E-state index >= 15 is 0 Å². The lowest BCUT2D eigenvalue weighted by Crippen LogP contribution is -2.36. The molecule has 1 saturated carbocycles. The first-order valence-corrected chi connectivity index (χ1v) is 7.13. The number of aromatic nitrogens is 1. The predicted molar refractivity (Wildman–Crippen MR) is 77.9 cm³/mol. The van der Waals surface area contributed by atoms with Crippen molar-refractivity contribution < 1.29 is 9.84 Å². The lowest BCUT2D eigenvalue weighted by atomic mass is 9.86. The molecule has 1 aliphatic rings. The lowest BCUT2D eigenvalue weighted by Gasteiger charge is -2.31. The zero-order valence-corrected chi connectivity index (χ0v) is 12.3. The molecule has 0 spiro atoms. The smallest absolute Gasteiger partial charge is 0.223 e. The van der Waals surface area contributed by atoms with Crippen LogP contribution in [0.2, 0.25) is 0 Å². The van der Waals surface area contributed by atoms with Crippen molar-refractivity contribution in [2.75, 3.05) is 27.3 Å². The first-order chi connectivity index (χ1) is 9.58. The van der Waals surface area contributed by atoms with Crippen LogP contribution in [-0.4, -0.2) is 42.3 Å². The summed E-state index contributed by atoms with van der Waals surface area (Å²) in [6.45, 7) is 1.77. The molecule has 1 heterocycles. The average Bonchev–Trinajstić information content (AvgIpc) is 2.88. The molecule has 0 radical (unpaired) electrons. The monoisotopic (exact) mass is 280 g/mol. The van der Waals surface area contributed by atoms with E-state index in [2.05, 4.69) is 9.88 Å². The molecule has 1 aromatic heterocycles. The van der Waals surface area contributed by atoms with Crippen LogP contribution in [0.4, 0.5) is 0 Å². The van der Waals surface area contributed by atoms with Gasteiger partial charge in [0.15, 0.2) is 5.75 Å². The topological polar surface area (TPSA) is 65.6 Å². The number of rotatable bonds is 6. The van der Waals surface area contributed by atoms with E-state index in [1.165, 1.54) is 20.0 Å². The minimum atomic E-state index is -0.104. The van der Waals surface area contributed by atoms with E-state index in [9.17, 15) is 9.90 Å². The fraction of sp³-hybridized carbons (Fsp3) is 0.667. The molecule has 0 aromatic carbocycles. The highest BCUT2D eigenvalue weighted by Crippen LogP contribution is 2.38. The third kappa shape index (κ3) is 3.41. The van der Waals surface area contributed by atoms with Crippen LogP contribution in [0.15, 0.2) is 17.1 Å². The van der Waals surface area contributed by atoms with Crippen molar-refractivity contribution in [2.45, 2.75) is 32.2 Å². The molecule has 5 heteroatoms. The molecule has 112 valence electrons. The standard InChI is InChI=1S/C15H24N2O3/c1-17(10-15(11-18)5-3-4-6-15)9-12-7-13(19)14(20-2)8-16-12/h7-8,18H,3-6,9-11H2,1-2H3,(H,16,19). The van der Waals surface area contributed by atoms with E-state index in [1.54, 1.807) is 12.3 Å². The fourth-order valence-electron chi connectivity index (χ4n) is 3.16. The number of nitrogens with zero attached hydrogens (tertiary/aromatic N) is 1. The van der Waals surface area contributed by atoms with E-state index in [0.29, 0.717) is 12.3 Å². The molecule has 0 atom stereocenters. The molecule has 5 nitrogen and oxygen atoms in total. The van der Waals surface area contributed by atoms with Gasteiger partial charge in [-0.1, -0.05) is 12.8 Å². The van der Waals surface area contributed by atoms with Crippen LogP contribution in [-0.2, 0) is 6.54 Å². The Morgan fingerprint density at radius 3 is 2.70 bits per heavy atom. The molecule has 0 amide bonds. The molecule has 0 saturated heterocycles. The van der Waals surface area contributed by atoms with Gasteiger partial charge in [-0.2, -0.15) is 0 Å². The summed E-state index contributed by atoms with van der Waals surface area (Å²) >= 11 is 0. The number of ether oxygens (including phenoxy) is 1. The summed E-state index contributed by atoms with van der Waals surface area (Å²) in [5.41, 5.74) is 0.804. The number of aromatic amines is 1. The molecule has 2 N–H and O–H groups in total. The number of pyridine rings is 1. The van der Waals surface area contributed by atoms with Crippen molar-refractivity contribution in [3.8, 4) is 5.75 Å². The molecule has 1 aromatic rings. The Morgan fingerprint density at radius 2 is 2.15 bits per heavy atom. The summed E-state index contributed by atoms with van der Waals surface area (Å²) in [6.07, 6.45) is 6.18. The Hall–Kier alpha value is -1.33. The van der Waals surface area contributed by atoms with Gasteiger partial charge in [-0.25, -0.2) is 0 Å². The largest absolute Gasteiger partial charge is 0.491 e. The maximum absolute atomic E-state index is 11.7. The normalized spacial score (nSPS) is 17.6. The second kappa shape index (κ2) is 6.41. The van der Waals surface area contributed by atoms with Crippen LogP contribution in [0.25, 0.3) is 0 Å². The average molecular weight is 280 g/mol. The molecular weight excluding hydrogens is 256 g/mol. The highest BCUT2D eigenvalue weighted by molar-refractivity contribution is 5.20. The van der Waals surface area contributed by atoms with E-state index < -0.39 is 0 Å². The number of nitrogens with one attached hydrogen (secondary N) is 1. The summed E-state index contributed by atoms with van der Waals surface area (Å²) in [5.74, 6) is 0.332. The van der Waals surface area contributed by atoms with Crippen LogP contribution >= 0.6 is 0 Å². The van der Waals surface area contributed by atoms with Gasteiger partial charge in [0, 0.05) is 43.1 Å². The fourth-order valence-corrected chi connectivity index (χ4v) is 3.16. The second-order valence-electron chi connectivity index (χ2n) is 5.93. The van der Waals surface area contributed by atoms with E-state index in [1.807, 2.05) is 7.05 Å². The van der Waals surface area contributed by atoms with Gasteiger partial charge in [0.05, 0.1) is 7.11 Å². The SMILES string of the molecule is COc1c[nH]c(CN(C)CC2(CO)CCCC2)cc1=O. The Balaban J connectivity index is 1.99. The number of hydrogen-bond donors (Lipinski definition) is 2. The summed E-state index contributed by atoms with van der Waals surface area (Å²) in [6, 6.07) is 1.58. The minimum absolute atomic E-state index is 0.0432. The van der Waals surface area contributed by atoms with Gasteiger partial charge in [-0.3, -0.25) is 9.69 Å². The number of H-pyrrole nitrogens is 1. The highest BCUT2D eigenvalue weighted by Gasteiger charge is 2.34. The van der Waals surface area contributed by atoms with E-state index in [4.69, 9.17) is 4.74 Å². The maximum atomic E-state index is 11.7. The van der Waals surface area contributed by atoms with Gasteiger partial charge in [-0.15, -0.1) is 0 Å². The van der Waals surface area contributed by atoms with Crippen LogP contribution in [0.3, 0.4) is 0 Å². The number of aliphatic hydroxyl groups excluding tert-OH is 1. The van der Waals surface area contributed by atoms with Crippen LogP contribution in [0, 0.1) is 5.41 Å². The van der Waals surface area contributed by atoms with Gasteiger partial charge in [0.1, 0.15) is 0 Å². The molecular formula is C15H24N2O3. The lowest BCUT2D eigenvalue weighted by molar-refractivity contribution is 0.0859. The van der Waals surface area contributed by atoms with E-state index in [-0.39, 0.29) is 17.5 Å². The Labute approximate surface area is 119 Å². The zero-order chi connectivity index (χ0) is 14.6. The minimum Gasteiger partial charge on any atom is -0.491 e. The molecule has 20 heavy (non-hydrogen) atoms. The van der Waals surface area contributed by atoms with Crippen molar-refractivity contribution >= 4 is 0 Å².